The van der Waals surface area contributed by atoms with Crippen molar-refractivity contribution in [2.75, 3.05) is 11.1 Å². The molecule has 0 radical (unpaired) electrons. The third-order valence-electron chi connectivity index (χ3n) is 2.59. The van der Waals surface area contributed by atoms with E-state index in [0.717, 1.165) is 0 Å². The molecule has 0 spiro atoms. The number of anilines is 2. The van der Waals surface area contributed by atoms with E-state index in [0.29, 0.717) is 22.2 Å². The van der Waals surface area contributed by atoms with Crippen LogP contribution in [0.25, 0.3) is 0 Å². The van der Waals surface area contributed by atoms with Crippen LogP contribution in [0, 0.1) is 0 Å². The zero-order valence-electron chi connectivity index (χ0n) is 10.7. The molecule has 0 aliphatic rings. The topological polar surface area (TPSA) is 72.9 Å². The van der Waals surface area contributed by atoms with Crippen LogP contribution < -0.4 is 11.1 Å². The second kappa shape index (κ2) is 5.32. The Morgan fingerprint density at radius 2 is 2.00 bits per heavy atom. The van der Waals surface area contributed by atoms with Crippen molar-refractivity contribution in [1.82, 2.24) is 9.78 Å². The summed E-state index contributed by atoms with van der Waals surface area (Å²) in [6, 6.07) is 8.53. The number of nitrogens with zero attached hydrogens (tertiary/aromatic N) is 2. The molecule has 0 aliphatic heterocycles. The summed E-state index contributed by atoms with van der Waals surface area (Å²) in [7, 11) is 0. The van der Waals surface area contributed by atoms with E-state index in [1.807, 2.05) is 13.8 Å². The minimum atomic E-state index is -0.298. The molecule has 1 aromatic carbocycles. The van der Waals surface area contributed by atoms with Gasteiger partial charge in [0, 0.05) is 22.8 Å². The van der Waals surface area contributed by atoms with E-state index in [4.69, 9.17) is 17.3 Å². The molecule has 0 atom stereocenters. The number of amides is 1. The Morgan fingerprint density at radius 3 is 2.53 bits per heavy atom. The van der Waals surface area contributed by atoms with Gasteiger partial charge in [-0.1, -0.05) is 11.6 Å². The van der Waals surface area contributed by atoms with Crippen LogP contribution in [0.3, 0.4) is 0 Å². The van der Waals surface area contributed by atoms with Crippen LogP contribution in [0.15, 0.2) is 30.3 Å². The summed E-state index contributed by atoms with van der Waals surface area (Å²) in [6.45, 7) is 3.90. The van der Waals surface area contributed by atoms with Gasteiger partial charge in [-0.15, -0.1) is 0 Å². The molecule has 1 aromatic heterocycles. The van der Waals surface area contributed by atoms with Gasteiger partial charge < -0.3 is 11.1 Å². The highest BCUT2D eigenvalue weighted by Gasteiger charge is 2.14. The Hall–Kier alpha value is -2.01. The zero-order valence-corrected chi connectivity index (χ0v) is 11.5. The van der Waals surface area contributed by atoms with Crippen molar-refractivity contribution in [3.05, 3.63) is 41.0 Å². The van der Waals surface area contributed by atoms with E-state index in [1.165, 1.54) is 0 Å². The fourth-order valence-corrected chi connectivity index (χ4v) is 1.79. The highest BCUT2D eigenvalue weighted by molar-refractivity contribution is 6.30. The van der Waals surface area contributed by atoms with E-state index < -0.39 is 0 Å². The molecular weight excluding hydrogens is 264 g/mol. The second-order valence-electron chi connectivity index (χ2n) is 4.45. The Kier molecular flexibility index (Phi) is 3.76. The number of nitrogens with two attached hydrogens (primary N) is 1. The Labute approximate surface area is 116 Å². The fraction of sp³-hybridized carbons (Fsp3) is 0.231. The Morgan fingerprint density at radius 1 is 1.37 bits per heavy atom. The van der Waals surface area contributed by atoms with Gasteiger partial charge in [-0.3, -0.25) is 4.79 Å². The lowest BCUT2D eigenvalue weighted by molar-refractivity contribution is 0.102. The molecule has 100 valence electrons. The van der Waals surface area contributed by atoms with Crippen molar-refractivity contribution in [3.8, 4) is 0 Å². The lowest BCUT2D eigenvalue weighted by Gasteiger charge is -2.06. The highest BCUT2D eigenvalue weighted by Crippen LogP contribution is 2.16. The van der Waals surface area contributed by atoms with E-state index >= 15 is 0 Å². The summed E-state index contributed by atoms with van der Waals surface area (Å²) in [6.07, 6.45) is 0. The van der Waals surface area contributed by atoms with Crippen molar-refractivity contribution in [3.63, 3.8) is 0 Å². The van der Waals surface area contributed by atoms with Gasteiger partial charge in [-0.05, 0) is 38.1 Å². The van der Waals surface area contributed by atoms with Gasteiger partial charge in [-0.2, -0.15) is 5.10 Å². The van der Waals surface area contributed by atoms with E-state index in [-0.39, 0.29) is 11.9 Å². The Balaban J connectivity index is 2.16. The van der Waals surface area contributed by atoms with Gasteiger partial charge in [-0.25, -0.2) is 4.68 Å². The number of carbonyl (C=O) groups is 1. The molecule has 0 saturated heterocycles. The number of nitrogen functional groups attached to an aromatic ring is 1. The lowest BCUT2D eigenvalue weighted by Crippen LogP contribution is -2.14. The number of rotatable bonds is 3. The minimum absolute atomic E-state index is 0.108. The van der Waals surface area contributed by atoms with Crippen LogP contribution in [-0.2, 0) is 0 Å². The molecule has 0 fully saturated rings. The maximum absolute atomic E-state index is 12.0. The highest BCUT2D eigenvalue weighted by atomic mass is 35.5. The van der Waals surface area contributed by atoms with Crippen molar-refractivity contribution < 1.29 is 4.79 Å². The maximum atomic E-state index is 12.0. The largest absolute Gasteiger partial charge is 0.384 e. The van der Waals surface area contributed by atoms with Gasteiger partial charge in [0.1, 0.15) is 5.82 Å². The van der Waals surface area contributed by atoms with Crippen LogP contribution in [0.4, 0.5) is 11.5 Å². The molecule has 2 aromatic rings. The monoisotopic (exact) mass is 278 g/mol. The number of carbonyl (C=O) groups excluding carboxylic acids is 1. The quantitative estimate of drug-likeness (QED) is 0.906. The zero-order chi connectivity index (χ0) is 14.0. The average molecular weight is 279 g/mol. The number of hydrogen-bond donors (Lipinski definition) is 2. The molecule has 6 heteroatoms. The van der Waals surface area contributed by atoms with E-state index in [1.54, 1.807) is 35.0 Å². The molecule has 0 bridgehead atoms. The van der Waals surface area contributed by atoms with Crippen molar-refractivity contribution in [2.45, 2.75) is 19.9 Å². The summed E-state index contributed by atoms with van der Waals surface area (Å²) in [5.41, 5.74) is 6.75. The number of halogens is 1. The van der Waals surface area contributed by atoms with Gasteiger partial charge in [0.2, 0.25) is 0 Å². The SMILES string of the molecule is CC(C)n1nc(C(=O)Nc2ccc(Cl)cc2)cc1N. The predicted molar refractivity (Wildman–Crippen MR) is 76.4 cm³/mol. The van der Waals surface area contributed by atoms with Crippen molar-refractivity contribution >= 4 is 29.0 Å². The molecule has 2 rings (SSSR count). The Bertz CT molecular complexity index is 589. The first-order chi connectivity index (χ1) is 8.97. The van der Waals surface area contributed by atoms with Crippen molar-refractivity contribution in [2.24, 2.45) is 0 Å². The van der Waals surface area contributed by atoms with Crippen LogP contribution in [-0.4, -0.2) is 15.7 Å². The maximum Gasteiger partial charge on any atom is 0.276 e. The van der Waals surface area contributed by atoms with Gasteiger partial charge in [0.05, 0.1) is 0 Å². The second-order valence-corrected chi connectivity index (χ2v) is 4.89. The smallest absolute Gasteiger partial charge is 0.276 e. The average Bonchev–Trinajstić information content (AvgIpc) is 2.74. The number of benzene rings is 1. The van der Waals surface area contributed by atoms with Crippen LogP contribution >= 0.6 is 11.6 Å². The van der Waals surface area contributed by atoms with Crippen LogP contribution in [0.1, 0.15) is 30.4 Å². The standard InChI is InChI=1S/C13H15ClN4O/c1-8(2)18-12(15)7-11(17-18)13(19)16-10-5-3-9(14)4-6-10/h3-8H,15H2,1-2H3,(H,16,19). The lowest BCUT2D eigenvalue weighted by atomic mass is 10.3. The van der Waals surface area contributed by atoms with Gasteiger partial charge in [0.15, 0.2) is 5.69 Å². The van der Waals surface area contributed by atoms with Crippen LogP contribution in [0.2, 0.25) is 5.02 Å². The number of nitrogens with one attached hydrogen (secondary N) is 1. The normalized spacial score (nSPS) is 10.7. The third-order valence-corrected chi connectivity index (χ3v) is 2.84. The summed E-state index contributed by atoms with van der Waals surface area (Å²) in [5, 5.41) is 7.53. The van der Waals surface area contributed by atoms with E-state index in [9.17, 15) is 4.79 Å². The summed E-state index contributed by atoms with van der Waals surface area (Å²) in [4.78, 5) is 12.0. The molecule has 5 nitrogen and oxygen atoms in total. The molecule has 1 amide bonds. The number of hydrogen-bond acceptors (Lipinski definition) is 3. The molecule has 0 unspecified atom stereocenters. The van der Waals surface area contributed by atoms with E-state index in [2.05, 4.69) is 10.4 Å². The van der Waals surface area contributed by atoms with Crippen LogP contribution in [0.5, 0.6) is 0 Å². The fourth-order valence-electron chi connectivity index (χ4n) is 1.66. The molecular formula is C13H15ClN4O. The van der Waals surface area contributed by atoms with Gasteiger partial charge >= 0.3 is 0 Å². The van der Waals surface area contributed by atoms with Crippen molar-refractivity contribution in [1.29, 1.82) is 0 Å². The summed E-state index contributed by atoms with van der Waals surface area (Å²) >= 11 is 5.78. The van der Waals surface area contributed by atoms with Gasteiger partial charge in [0.25, 0.3) is 5.91 Å². The third kappa shape index (κ3) is 3.06. The molecule has 19 heavy (non-hydrogen) atoms. The predicted octanol–water partition coefficient (Wildman–Crippen LogP) is 2.95. The minimum Gasteiger partial charge on any atom is -0.384 e. The first-order valence-electron chi connectivity index (χ1n) is 5.89. The first kappa shape index (κ1) is 13.4. The molecule has 3 N–H and O–H groups in total. The first-order valence-corrected chi connectivity index (χ1v) is 6.27. The summed E-state index contributed by atoms with van der Waals surface area (Å²) < 4.78 is 1.61. The summed E-state index contributed by atoms with van der Waals surface area (Å²) in [5.74, 6) is 0.171. The number of aromatic nitrogens is 2. The molecule has 0 saturated carbocycles. The molecule has 1 heterocycles. The molecule has 0 aliphatic carbocycles.